The lowest BCUT2D eigenvalue weighted by molar-refractivity contribution is -0.122. The Balaban J connectivity index is 1.61. The zero-order valence-corrected chi connectivity index (χ0v) is 11.7. The predicted octanol–water partition coefficient (Wildman–Crippen LogP) is 2.60. The SMILES string of the molecule is C[C@H](NC(=O)CCC1CCCCN1)C1CCCC1. The summed E-state index contributed by atoms with van der Waals surface area (Å²) in [6, 6.07) is 0.950. The van der Waals surface area contributed by atoms with Gasteiger partial charge in [0.05, 0.1) is 0 Å². The summed E-state index contributed by atoms with van der Waals surface area (Å²) in [5, 5.41) is 6.70. The second-order valence-electron chi connectivity index (χ2n) is 6.09. The van der Waals surface area contributed by atoms with Crippen molar-refractivity contribution in [3.63, 3.8) is 0 Å². The van der Waals surface area contributed by atoms with Crippen molar-refractivity contribution < 1.29 is 4.79 Å². The van der Waals surface area contributed by atoms with Crippen LogP contribution >= 0.6 is 0 Å². The van der Waals surface area contributed by atoms with E-state index in [4.69, 9.17) is 0 Å². The first-order valence-corrected chi connectivity index (χ1v) is 7.78. The predicted molar refractivity (Wildman–Crippen MR) is 74.4 cm³/mol. The maximum atomic E-state index is 11.9. The molecular formula is C15H28N2O. The number of rotatable bonds is 5. The van der Waals surface area contributed by atoms with Crippen molar-refractivity contribution in [3.8, 4) is 0 Å². The lowest BCUT2D eigenvalue weighted by Gasteiger charge is -2.24. The first-order chi connectivity index (χ1) is 8.75. The van der Waals surface area contributed by atoms with E-state index in [1.807, 2.05) is 0 Å². The first kappa shape index (κ1) is 13.9. The van der Waals surface area contributed by atoms with Gasteiger partial charge in [0.1, 0.15) is 0 Å². The van der Waals surface area contributed by atoms with Gasteiger partial charge >= 0.3 is 0 Å². The molecule has 1 heterocycles. The zero-order chi connectivity index (χ0) is 12.8. The van der Waals surface area contributed by atoms with E-state index in [2.05, 4.69) is 17.6 Å². The van der Waals surface area contributed by atoms with Crippen LogP contribution in [0.5, 0.6) is 0 Å². The summed E-state index contributed by atoms with van der Waals surface area (Å²) in [4.78, 5) is 11.9. The van der Waals surface area contributed by atoms with Gasteiger partial charge in [-0.1, -0.05) is 19.3 Å². The number of piperidine rings is 1. The molecule has 0 spiro atoms. The smallest absolute Gasteiger partial charge is 0.220 e. The van der Waals surface area contributed by atoms with Crippen LogP contribution in [0.15, 0.2) is 0 Å². The molecule has 0 aromatic heterocycles. The van der Waals surface area contributed by atoms with E-state index < -0.39 is 0 Å². The highest BCUT2D eigenvalue weighted by atomic mass is 16.1. The van der Waals surface area contributed by atoms with Crippen LogP contribution in [0.4, 0.5) is 0 Å². The fraction of sp³-hybridized carbons (Fsp3) is 0.933. The second-order valence-corrected chi connectivity index (χ2v) is 6.09. The molecule has 1 unspecified atom stereocenters. The molecule has 0 aromatic rings. The van der Waals surface area contributed by atoms with Crippen molar-refractivity contribution in [2.45, 2.75) is 76.8 Å². The fourth-order valence-corrected chi connectivity index (χ4v) is 3.38. The van der Waals surface area contributed by atoms with Gasteiger partial charge in [-0.3, -0.25) is 4.79 Å². The van der Waals surface area contributed by atoms with Crippen molar-refractivity contribution in [3.05, 3.63) is 0 Å². The number of hydrogen-bond donors (Lipinski definition) is 2. The summed E-state index contributed by atoms with van der Waals surface area (Å²) in [5.41, 5.74) is 0. The van der Waals surface area contributed by atoms with Crippen LogP contribution in [0.3, 0.4) is 0 Å². The van der Waals surface area contributed by atoms with Gasteiger partial charge in [-0.05, 0) is 51.5 Å². The molecule has 3 heteroatoms. The summed E-state index contributed by atoms with van der Waals surface area (Å²) in [7, 11) is 0. The van der Waals surface area contributed by atoms with E-state index >= 15 is 0 Å². The van der Waals surface area contributed by atoms with Crippen LogP contribution in [0.1, 0.15) is 64.7 Å². The lowest BCUT2D eigenvalue weighted by Crippen LogP contribution is -2.39. The van der Waals surface area contributed by atoms with E-state index in [-0.39, 0.29) is 5.91 Å². The van der Waals surface area contributed by atoms with Crippen LogP contribution in [-0.4, -0.2) is 24.5 Å². The van der Waals surface area contributed by atoms with Gasteiger partial charge in [0.25, 0.3) is 0 Å². The third-order valence-electron chi connectivity index (χ3n) is 4.63. The molecular weight excluding hydrogens is 224 g/mol. The summed E-state index contributed by atoms with van der Waals surface area (Å²) < 4.78 is 0. The second kappa shape index (κ2) is 7.13. The van der Waals surface area contributed by atoms with Crippen LogP contribution in [-0.2, 0) is 4.79 Å². The monoisotopic (exact) mass is 252 g/mol. The lowest BCUT2D eigenvalue weighted by atomic mass is 9.98. The minimum Gasteiger partial charge on any atom is -0.353 e. The number of amides is 1. The molecule has 2 atom stereocenters. The third-order valence-corrected chi connectivity index (χ3v) is 4.63. The van der Waals surface area contributed by atoms with E-state index in [0.29, 0.717) is 18.5 Å². The molecule has 104 valence electrons. The van der Waals surface area contributed by atoms with Gasteiger partial charge < -0.3 is 10.6 Å². The Kier molecular flexibility index (Phi) is 5.48. The molecule has 2 aliphatic rings. The highest BCUT2D eigenvalue weighted by Gasteiger charge is 2.23. The summed E-state index contributed by atoms with van der Waals surface area (Å²) in [6.07, 6.45) is 10.8. The molecule has 2 N–H and O–H groups in total. The molecule has 18 heavy (non-hydrogen) atoms. The maximum Gasteiger partial charge on any atom is 0.220 e. The molecule has 0 bridgehead atoms. The zero-order valence-electron chi connectivity index (χ0n) is 11.7. The van der Waals surface area contributed by atoms with Gasteiger partial charge in [0.2, 0.25) is 5.91 Å². The van der Waals surface area contributed by atoms with Gasteiger partial charge in [-0.2, -0.15) is 0 Å². The fourth-order valence-electron chi connectivity index (χ4n) is 3.38. The molecule has 1 aliphatic carbocycles. The molecule has 2 fully saturated rings. The summed E-state index contributed by atoms with van der Waals surface area (Å²) in [5.74, 6) is 0.975. The van der Waals surface area contributed by atoms with Gasteiger partial charge in [0.15, 0.2) is 0 Å². The molecule has 3 nitrogen and oxygen atoms in total. The number of carbonyl (C=O) groups is 1. The Bertz CT molecular complexity index is 255. The van der Waals surface area contributed by atoms with E-state index in [1.165, 1.54) is 44.9 Å². The quantitative estimate of drug-likeness (QED) is 0.789. The van der Waals surface area contributed by atoms with E-state index in [1.54, 1.807) is 0 Å². The summed E-state index contributed by atoms with van der Waals surface area (Å²) in [6.45, 7) is 3.30. The highest BCUT2D eigenvalue weighted by Crippen LogP contribution is 2.27. The van der Waals surface area contributed by atoms with Crippen LogP contribution < -0.4 is 10.6 Å². The van der Waals surface area contributed by atoms with Gasteiger partial charge in [-0.15, -0.1) is 0 Å². The van der Waals surface area contributed by atoms with Crippen LogP contribution in [0.2, 0.25) is 0 Å². The molecule has 2 rings (SSSR count). The molecule has 1 saturated heterocycles. The molecule has 0 aromatic carbocycles. The Morgan fingerprint density at radius 1 is 1.22 bits per heavy atom. The van der Waals surface area contributed by atoms with Crippen molar-refractivity contribution in [1.29, 1.82) is 0 Å². The molecule has 1 saturated carbocycles. The van der Waals surface area contributed by atoms with Gasteiger partial charge in [0, 0.05) is 18.5 Å². The van der Waals surface area contributed by atoms with E-state index in [9.17, 15) is 4.79 Å². The Morgan fingerprint density at radius 2 is 1.94 bits per heavy atom. The third kappa shape index (κ3) is 4.27. The van der Waals surface area contributed by atoms with Gasteiger partial charge in [-0.25, -0.2) is 0 Å². The number of hydrogen-bond acceptors (Lipinski definition) is 2. The normalized spacial score (nSPS) is 27.1. The van der Waals surface area contributed by atoms with Crippen LogP contribution in [0, 0.1) is 5.92 Å². The van der Waals surface area contributed by atoms with Crippen LogP contribution in [0.25, 0.3) is 0 Å². The average molecular weight is 252 g/mol. The molecule has 0 radical (unpaired) electrons. The minimum absolute atomic E-state index is 0.252. The molecule has 1 aliphatic heterocycles. The van der Waals surface area contributed by atoms with Crippen molar-refractivity contribution >= 4 is 5.91 Å². The average Bonchev–Trinajstić information content (AvgIpc) is 2.91. The van der Waals surface area contributed by atoms with Crippen molar-refractivity contribution in [2.75, 3.05) is 6.54 Å². The minimum atomic E-state index is 0.252. The Labute approximate surface area is 111 Å². The topological polar surface area (TPSA) is 41.1 Å². The maximum absolute atomic E-state index is 11.9. The van der Waals surface area contributed by atoms with E-state index in [0.717, 1.165) is 18.9 Å². The highest BCUT2D eigenvalue weighted by molar-refractivity contribution is 5.76. The summed E-state index contributed by atoms with van der Waals surface area (Å²) >= 11 is 0. The Hall–Kier alpha value is -0.570. The first-order valence-electron chi connectivity index (χ1n) is 7.78. The van der Waals surface area contributed by atoms with Crippen molar-refractivity contribution in [1.82, 2.24) is 10.6 Å². The van der Waals surface area contributed by atoms with Crippen molar-refractivity contribution in [2.24, 2.45) is 5.92 Å². The number of nitrogens with one attached hydrogen (secondary N) is 2. The standard InChI is InChI=1S/C15H28N2O/c1-12(13-6-2-3-7-13)17-15(18)10-9-14-8-4-5-11-16-14/h12-14,16H,2-11H2,1H3,(H,17,18)/t12-,14?/m0/s1. The Morgan fingerprint density at radius 3 is 2.61 bits per heavy atom. The number of carbonyl (C=O) groups excluding carboxylic acids is 1. The largest absolute Gasteiger partial charge is 0.353 e. The molecule has 1 amide bonds.